The lowest BCUT2D eigenvalue weighted by atomic mass is 9.90. The molecule has 0 bridgehead atoms. The third kappa shape index (κ3) is 3.93. The molecule has 0 heterocycles. The van der Waals surface area contributed by atoms with Crippen molar-refractivity contribution in [3.63, 3.8) is 0 Å². The topological polar surface area (TPSA) is 81.4 Å². The zero-order valence-electron chi connectivity index (χ0n) is 13.5. The number of halogens is 1. The van der Waals surface area contributed by atoms with Crippen LogP contribution >= 0.6 is 11.6 Å². The fourth-order valence-corrected chi connectivity index (χ4v) is 2.53. The predicted octanol–water partition coefficient (Wildman–Crippen LogP) is 2.62. The summed E-state index contributed by atoms with van der Waals surface area (Å²) in [7, 11) is 1.58. The number of amides is 2. The van der Waals surface area contributed by atoms with Gasteiger partial charge in [-0.05, 0) is 42.3 Å². The third-order valence-electron chi connectivity index (χ3n) is 3.76. The number of carbonyl (C=O) groups is 2. The maximum Gasteiger partial charge on any atom is 0.252 e. The highest BCUT2D eigenvalue weighted by atomic mass is 35.5. The van der Waals surface area contributed by atoms with E-state index in [1.165, 1.54) is 0 Å². The Hall–Kier alpha value is -2.37. The number of rotatable bonds is 6. The van der Waals surface area contributed by atoms with Crippen LogP contribution in [-0.4, -0.2) is 18.9 Å². The Labute approximate surface area is 145 Å². The Morgan fingerprint density at radius 2 is 1.92 bits per heavy atom. The minimum atomic E-state index is -1.38. The Balaban J connectivity index is 2.32. The van der Waals surface area contributed by atoms with E-state index in [4.69, 9.17) is 22.1 Å². The average molecular weight is 347 g/mol. The van der Waals surface area contributed by atoms with E-state index >= 15 is 0 Å². The van der Waals surface area contributed by atoms with Crippen LogP contribution in [0.5, 0.6) is 0 Å². The fourth-order valence-electron chi connectivity index (χ4n) is 2.34. The van der Waals surface area contributed by atoms with Crippen molar-refractivity contribution in [2.45, 2.75) is 19.1 Å². The SMILES string of the molecule is COCc1cccc(C(=O)N[C@@](C)(C(N)=O)c2cccc(Cl)c2)c1. The average Bonchev–Trinajstić information content (AvgIpc) is 2.55. The van der Waals surface area contributed by atoms with Crippen molar-refractivity contribution in [1.29, 1.82) is 0 Å². The standard InChI is InChI=1S/C18H19ClN2O3/c1-18(17(20)23,14-7-4-8-15(19)10-14)21-16(22)13-6-3-5-12(9-13)11-24-2/h3-10H,11H2,1-2H3,(H2,20,23)(H,21,22)/t18-/m1/s1. The molecule has 2 amide bonds. The molecule has 126 valence electrons. The van der Waals surface area contributed by atoms with Gasteiger partial charge >= 0.3 is 0 Å². The third-order valence-corrected chi connectivity index (χ3v) is 3.99. The maximum atomic E-state index is 12.6. The largest absolute Gasteiger partial charge is 0.380 e. The van der Waals surface area contributed by atoms with Gasteiger partial charge in [0.1, 0.15) is 5.54 Å². The monoisotopic (exact) mass is 346 g/mol. The molecule has 24 heavy (non-hydrogen) atoms. The van der Waals surface area contributed by atoms with Crippen molar-refractivity contribution in [3.8, 4) is 0 Å². The van der Waals surface area contributed by atoms with Crippen LogP contribution in [0.15, 0.2) is 48.5 Å². The molecule has 0 aliphatic rings. The summed E-state index contributed by atoms with van der Waals surface area (Å²) in [4.78, 5) is 24.6. The van der Waals surface area contributed by atoms with Gasteiger partial charge in [-0.1, -0.05) is 35.9 Å². The summed E-state index contributed by atoms with van der Waals surface area (Å²) in [6.07, 6.45) is 0. The molecule has 0 aliphatic heterocycles. The number of benzene rings is 2. The van der Waals surface area contributed by atoms with Crippen LogP contribution in [0, 0.1) is 0 Å². The summed E-state index contributed by atoms with van der Waals surface area (Å²) < 4.78 is 5.06. The molecule has 2 aromatic rings. The second kappa shape index (κ2) is 7.47. The van der Waals surface area contributed by atoms with E-state index in [1.54, 1.807) is 56.5 Å². The first-order valence-electron chi connectivity index (χ1n) is 7.33. The Bertz CT molecular complexity index is 763. The second-order valence-electron chi connectivity index (χ2n) is 5.59. The molecule has 0 unspecified atom stereocenters. The van der Waals surface area contributed by atoms with Crippen LogP contribution in [0.1, 0.15) is 28.4 Å². The van der Waals surface area contributed by atoms with Crippen molar-refractivity contribution in [2.24, 2.45) is 5.73 Å². The van der Waals surface area contributed by atoms with Crippen LogP contribution in [-0.2, 0) is 21.7 Å². The molecule has 0 fully saturated rings. The smallest absolute Gasteiger partial charge is 0.252 e. The molecule has 0 saturated heterocycles. The minimum Gasteiger partial charge on any atom is -0.380 e. The highest BCUT2D eigenvalue weighted by molar-refractivity contribution is 6.30. The lowest BCUT2D eigenvalue weighted by Gasteiger charge is -2.28. The molecule has 0 spiro atoms. The van der Waals surface area contributed by atoms with Crippen molar-refractivity contribution < 1.29 is 14.3 Å². The number of methoxy groups -OCH3 is 1. The number of primary amides is 1. The lowest BCUT2D eigenvalue weighted by molar-refractivity contribution is -0.123. The molecule has 2 aromatic carbocycles. The van der Waals surface area contributed by atoms with E-state index in [1.807, 2.05) is 6.07 Å². The molecular formula is C18H19ClN2O3. The number of hydrogen-bond donors (Lipinski definition) is 2. The normalized spacial score (nSPS) is 13.1. The molecule has 0 aromatic heterocycles. The number of nitrogens with one attached hydrogen (secondary N) is 1. The summed E-state index contributed by atoms with van der Waals surface area (Å²) in [5.41, 5.74) is 5.95. The molecule has 0 saturated carbocycles. The number of nitrogens with two attached hydrogens (primary N) is 1. The molecule has 5 nitrogen and oxygen atoms in total. The minimum absolute atomic E-state index is 0.391. The zero-order chi connectivity index (χ0) is 17.7. The number of carbonyl (C=O) groups excluding carboxylic acids is 2. The van der Waals surface area contributed by atoms with E-state index in [0.717, 1.165) is 5.56 Å². The quantitative estimate of drug-likeness (QED) is 0.843. The molecule has 2 rings (SSSR count). The summed E-state index contributed by atoms with van der Waals surface area (Å²) in [5, 5.41) is 3.16. The fraction of sp³-hybridized carbons (Fsp3) is 0.222. The van der Waals surface area contributed by atoms with Crippen LogP contribution < -0.4 is 11.1 Å². The maximum absolute atomic E-state index is 12.6. The van der Waals surface area contributed by atoms with Gasteiger partial charge in [-0.2, -0.15) is 0 Å². The van der Waals surface area contributed by atoms with Crippen molar-refractivity contribution in [3.05, 3.63) is 70.2 Å². The first-order chi connectivity index (χ1) is 11.4. The highest BCUT2D eigenvalue weighted by Gasteiger charge is 2.35. The van der Waals surface area contributed by atoms with Crippen LogP contribution in [0.4, 0.5) is 0 Å². The van der Waals surface area contributed by atoms with Gasteiger partial charge in [0.05, 0.1) is 6.61 Å². The molecule has 0 aliphatic carbocycles. The predicted molar refractivity (Wildman–Crippen MR) is 92.6 cm³/mol. The number of ether oxygens (including phenoxy) is 1. The number of hydrogen-bond acceptors (Lipinski definition) is 3. The van der Waals surface area contributed by atoms with Gasteiger partial charge in [0.25, 0.3) is 5.91 Å². The van der Waals surface area contributed by atoms with Crippen molar-refractivity contribution >= 4 is 23.4 Å². The first-order valence-corrected chi connectivity index (χ1v) is 7.71. The Kier molecular flexibility index (Phi) is 5.59. The lowest BCUT2D eigenvalue weighted by Crippen LogP contribution is -2.52. The van der Waals surface area contributed by atoms with Gasteiger partial charge in [-0.3, -0.25) is 9.59 Å². The van der Waals surface area contributed by atoms with Gasteiger partial charge in [0, 0.05) is 17.7 Å². The molecule has 6 heteroatoms. The van der Waals surface area contributed by atoms with E-state index in [2.05, 4.69) is 5.32 Å². The van der Waals surface area contributed by atoms with Crippen molar-refractivity contribution in [1.82, 2.24) is 5.32 Å². The summed E-state index contributed by atoms with van der Waals surface area (Å²) in [6.45, 7) is 1.94. The van der Waals surface area contributed by atoms with Gasteiger partial charge in [0.2, 0.25) is 5.91 Å². The van der Waals surface area contributed by atoms with Gasteiger partial charge in [0.15, 0.2) is 0 Å². The van der Waals surface area contributed by atoms with E-state index < -0.39 is 17.4 Å². The van der Waals surface area contributed by atoms with Crippen LogP contribution in [0.2, 0.25) is 5.02 Å². The summed E-state index contributed by atoms with van der Waals surface area (Å²) >= 11 is 5.99. The van der Waals surface area contributed by atoms with Gasteiger partial charge < -0.3 is 15.8 Å². The van der Waals surface area contributed by atoms with Crippen molar-refractivity contribution in [2.75, 3.05) is 7.11 Å². The Morgan fingerprint density at radius 3 is 2.54 bits per heavy atom. The van der Waals surface area contributed by atoms with Crippen LogP contribution in [0.25, 0.3) is 0 Å². The highest BCUT2D eigenvalue weighted by Crippen LogP contribution is 2.24. The van der Waals surface area contributed by atoms with Gasteiger partial charge in [-0.15, -0.1) is 0 Å². The van der Waals surface area contributed by atoms with Crippen LogP contribution in [0.3, 0.4) is 0 Å². The van der Waals surface area contributed by atoms with E-state index in [0.29, 0.717) is 22.8 Å². The van der Waals surface area contributed by atoms with Gasteiger partial charge in [-0.25, -0.2) is 0 Å². The first kappa shape index (κ1) is 18.0. The summed E-state index contributed by atoms with van der Waals surface area (Å²) in [6, 6.07) is 13.7. The molecule has 0 radical (unpaired) electrons. The van der Waals surface area contributed by atoms with E-state index in [9.17, 15) is 9.59 Å². The molecule has 3 N–H and O–H groups in total. The second-order valence-corrected chi connectivity index (χ2v) is 6.02. The summed E-state index contributed by atoms with van der Waals surface area (Å²) in [5.74, 6) is -1.08. The Morgan fingerprint density at radius 1 is 1.21 bits per heavy atom. The zero-order valence-corrected chi connectivity index (χ0v) is 14.3. The van der Waals surface area contributed by atoms with E-state index in [-0.39, 0.29) is 0 Å². The molecule has 1 atom stereocenters. The molecular weight excluding hydrogens is 328 g/mol.